The van der Waals surface area contributed by atoms with E-state index in [0.29, 0.717) is 18.7 Å². The highest BCUT2D eigenvalue weighted by molar-refractivity contribution is 7.89. The molecular formula is C6H13ClN2O2S. The van der Waals surface area contributed by atoms with Gasteiger partial charge in [-0.05, 0) is 12.8 Å². The molecule has 0 aromatic rings. The first-order chi connectivity index (χ1) is 5.62. The van der Waals surface area contributed by atoms with Gasteiger partial charge in [0.25, 0.3) is 0 Å². The van der Waals surface area contributed by atoms with Gasteiger partial charge in [0.1, 0.15) is 0 Å². The Balaban J connectivity index is 3.73. The number of aliphatic imine (C=N–C) groups is 1. The minimum atomic E-state index is -3.17. The number of halogens is 1. The lowest BCUT2D eigenvalue weighted by atomic mass is 10.4. The fourth-order valence-electron chi connectivity index (χ4n) is 0.579. The first kappa shape index (κ1) is 11.7. The molecule has 6 heteroatoms. The normalized spacial score (nSPS) is 12.2. The van der Waals surface area contributed by atoms with E-state index in [1.165, 1.54) is 7.05 Å². The molecule has 0 bridgehead atoms. The van der Waals surface area contributed by atoms with Gasteiger partial charge < -0.3 is 0 Å². The molecule has 0 aromatic heterocycles. The highest BCUT2D eigenvalue weighted by Gasteiger charge is 2.05. The molecular weight excluding hydrogens is 200 g/mol. The molecule has 4 nitrogen and oxygen atoms in total. The molecule has 0 fully saturated rings. The number of nitrogens with zero attached hydrogens (tertiary/aromatic N) is 1. The zero-order chi connectivity index (χ0) is 9.45. The van der Waals surface area contributed by atoms with E-state index in [9.17, 15) is 8.42 Å². The van der Waals surface area contributed by atoms with Gasteiger partial charge in [-0.1, -0.05) is 0 Å². The lowest BCUT2D eigenvalue weighted by Gasteiger charge is -2.00. The fraction of sp³-hybridized carbons (Fsp3) is 0.833. The molecule has 0 aliphatic heterocycles. The summed E-state index contributed by atoms with van der Waals surface area (Å²) in [6.45, 7) is 0. The predicted molar refractivity (Wildman–Crippen MR) is 51.3 cm³/mol. The van der Waals surface area contributed by atoms with Crippen LogP contribution in [0.2, 0.25) is 0 Å². The van der Waals surface area contributed by atoms with Gasteiger partial charge in [0.2, 0.25) is 10.0 Å². The molecule has 0 aliphatic carbocycles. The number of hydrogen-bond donors (Lipinski definition) is 1. The summed E-state index contributed by atoms with van der Waals surface area (Å²) in [5.74, 6) is 0.600. The van der Waals surface area contributed by atoms with E-state index < -0.39 is 10.0 Å². The van der Waals surface area contributed by atoms with Gasteiger partial charge in [-0.15, -0.1) is 11.6 Å². The van der Waals surface area contributed by atoms with Gasteiger partial charge in [-0.2, -0.15) is 0 Å². The van der Waals surface area contributed by atoms with Crippen molar-refractivity contribution in [1.29, 1.82) is 0 Å². The van der Waals surface area contributed by atoms with Crippen molar-refractivity contribution in [2.45, 2.75) is 12.8 Å². The Labute approximate surface area is 78.1 Å². The molecule has 0 spiro atoms. The van der Waals surface area contributed by atoms with E-state index in [2.05, 4.69) is 9.71 Å². The van der Waals surface area contributed by atoms with Crippen LogP contribution in [0.3, 0.4) is 0 Å². The van der Waals surface area contributed by atoms with E-state index >= 15 is 0 Å². The Morgan fingerprint density at radius 3 is 2.67 bits per heavy atom. The lowest BCUT2D eigenvalue weighted by Crippen LogP contribution is -2.24. The predicted octanol–water partition coefficient (Wildman–Crippen LogP) is 0.583. The monoisotopic (exact) mass is 212 g/mol. The van der Waals surface area contributed by atoms with Crippen LogP contribution in [-0.2, 0) is 10.0 Å². The minimum Gasteiger partial charge on any atom is -0.278 e. The molecule has 0 rings (SSSR count). The number of hydrogen-bond acceptors (Lipinski definition) is 3. The summed E-state index contributed by atoms with van der Waals surface area (Å²) in [5.41, 5.74) is 0. The highest BCUT2D eigenvalue weighted by Crippen LogP contribution is 1.95. The summed E-state index contributed by atoms with van der Waals surface area (Å²) in [7, 11) is -1.67. The number of sulfonamides is 1. The van der Waals surface area contributed by atoms with Crippen molar-refractivity contribution < 1.29 is 8.42 Å². The summed E-state index contributed by atoms with van der Waals surface area (Å²) in [6.07, 6.45) is 2.46. The molecule has 0 saturated heterocycles. The van der Waals surface area contributed by atoms with Gasteiger partial charge >= 0.3 is 0 Å². The zero-order valence-electron chi connectivity index (χ0n) is 6.96. The van der Waals surface area contributed by atoms with Gasteiger partial charge in [0, 0.05) is 12.9 Å². The standard InChI is InChI=1S/C6H13ClN2O2S/c1-8-6-9-12(10,11)5-3-2-4-7/h6H,2-5H2,1H3,(H,8,9). The SMILES string of the molecule is CN=CNS(=O)(=O)CCCCCl. The van der Waals surface area contributed by atoms with Gasteiger partial charge in [0.15, 0.2) is 0 Å². The Bertz CT molecular complexity index is 226. The smallest absolute Gasteiger partial charge is 0.233 e. The van der Waals surface area contributed by atoms with Gasteiger partial charge in [-0.25, -0.2) is 8.42 Å². The van der Waals surface area contributed by atoms with Crippen LogP contribution in [-0.4, -0.2) is 33.4 Å². The van der Waals surface area contributed by atoms with Gasteiger partial charge in [-0.3, -0.25) is 9.71 Å². The largest absolute Gasteiger partial charge is 0.278 e. The van der Waals surface area contributed by atoms with Gasteiger partial charge in [0.05, 0.1) is 12.1 Å². The number of rotatable bonds is 6. The van der Waals surface area contributed by atoms with Crippen molar-refractivity contribution in [3.8, 4) is 0 Å². The van der Waals surface area contributed by atoms with Crippen molar-refractivity contribution in [2.75, 3.05) is 18.7 Å². The maximum Gasteiger partial charge on any atom is 0.233 e. The van der Waals surface area contributed by atoms with Crippen molar-refractivity contribution >= 4 is 28.0 Å². The van der Waals surface area contributed by atoms with Crippen molar-refractivity contribution in [3.05, 3.63) is 0 Å². The maximum absolute atomic E-state index is 11.0. The molecule has 1 N–H and O–H groups in total. The van der Waals surface area contributed by atoms with E-state index in [0.717, 1.165) is 6.34 Å². The molecule has 0 heterocycles. The summed E-state index contributed by atoms with van der Waals surface area (Å²) >= 11 is 5.39. The molecule has 72 valence electrons. The Hall–Kier alpha value is -0.290. The molecule has 12 heavy (non-hydrogen) atoms. The molecule has 0 radical (unpaired) electrons. The molecule has 0 aromatic carbocycles. The first-order valence-corrected chi connectivity index (χ1v) is 5.77. The Morgan fingerprint density at radius 2 is 2.17 bits per heavy atom. The lowest BCUT2D eigenvalue weighted by molar-refractivity contribution is 0.589. The van der Waals surface area contributed by atoms with Crippen molar-refractivity contribution in [1.82, 2.24) is 4.72 Å². The molecule has 0 aliphatic rings. The second kappa shape index (κ2) is 6.25. The third kappa shape index (κ3) is 6.42. The summed E-state index contributed by atoms with van der Waals surface area (Å²) in [5, 5.41) is 0. The second-order valence-corrected chi connectivity index (χ2v) is 4.47. The number of alkyl halides is 1. The summed E-state index contributed by atoms with van der Waals surface area (Å²) in [6, 6.07) is 0. The van der Waals surface area contributed by atoms with Crippen LogP contribution in [0.25, 0.3) is 0 Å². The highest BCUT2D eigenvalue weighted by atomic mass is 35.5. The quantitative estimate of drug-likeness (QED) is 0.303. The zero-order valence-corrected chi connectivity index (χ0v) is 8.53. The fourth-order valence-corrected chi connectivity index (χ4v) is 1.74. The van der Waals surface area contributed by atoms with Crippen LogP contribution in [0.5, 0.6) is 0 Å². The van der Waals surface area contributed by atoms with E-state index in [-0.39, 0.29) is 5.75 Å². The van der Waals surface area contributed by atoms with Crippen LogP contribution >= 0.6 is 11.6 Å². The van der Waals surface area contributed by atoms with Crippen LogP contribution in [0.4, 0.5) is 0 Å². The molecule has 0 atom stereocenters. The Kier molecular flexibility index (Phi) is 6.10. The van der Waals surface area contributed by atoms with E-state index in [1.54, 1.807) is 0 Å². The Morgan fingerprint density at radius 1 is 1.50 bits per heavy atom. The molecule has 0 amide bonds. The van der Waals surface area contributed by atoms with Crippen LogP contribution in [0.15, 0.2) is 4.99 Å². The van der Waals surface area contributed by atoms with E-state index in [4.69, 9.17) is 11.6 Å². The van der Waals surface area contributed by atoms with Crippen LogP contribution in [0.1, 0.15) is 12.8 Å². The minimum absolute atomic E-state index is 0.103. The molecule has 0 saturated carbocycles. The summed E-state index contributed by atoms with van der Waals surface area (Å²) < 4.78 is 24.2. The first-order valence-electron chi connectivity index (χ1n) is 3.59. The van der Waals surface area contributed by atoms with Crippen molar-refractivity contribution in [2.24, 2.45) is 4.99 Å². The molecule has 0 unspecified atom stereocenters. The third-order valence-corrected chi connectivity index (χ3v) is 2.72. The van der Waals surface area contributed by atoms with E-state index in [1.807, 2.05) is 0 Å². The number of unbranched alkanes of at least 4 members (excludes halogenated alkanes) is 1. The second-order valence-electron chi connectivity index (χ2n) is 2.22. The topological polar surface area (TPSA) is 58.5 Å². The third-order valence-electron chi connectivity index (χ3n) is 1.16. The average molecular weight is 213 g/mol. The van der Waals surface area contributed by atoms with Crippen LogP contribution in [0, 0.1) is 0 Å². The maximum atomic E-state index is 11.0. The van der Waals surface area contributed by atoms with Crippen molar-refractivity contribution in [3.63, 3.8) is 0 Å². The number of nitrogens with one attached hydrogen (secondary N) is 1. The summed E-state index contributed by atoms with van der Waals surface area (Å²) in [4.78, 5) is 3.51. The average Bonchev–Trinajstić information content (AvgIpc) is 2.01. The van der Waals surface area contributed by atoms with Crippen LogP contribution < -0.4 is 4.72 Å².